The molecule has 0 aromatic carbocycles. The highest BCUT2D eigenvalue weighted by Gasteiger charge is 2.31. The third-order valence-corrected chi connectivity index (χ3v) is 2.75. The van der Waals surface area contributed by atoms with E-state index in [0.29, 0.717) is 6.42 Å². The Hall–Kier alpha value is -0.650. The van der Waals surface area contributed by atoms with Gasteiger partial charge in [-0.3, -0.25) is 4.79 Å². The average molecular weight is 218 g/mol. The second kappa shape index (κ2) is 5.44. The van der Waals surface area contributed by atoms with Crippen LogP contribution in [0.15, 0.2) is 0 Å². The van der Waals surface area contributed by atoms with Crippen molar-refractivity contribution in [3.63, 3.8) is 0 Å². The molecule has 0 heterocycles. The molecule has 0 bridgehead atoms. The Morgan fingerprint density at radius 1 is 1.47 bits per heavy atom. The fourth-order valence-electron chi connectivity index (χ4n) is 0.938. The molecule has 0 radical (unpaired) electrons. The third kappa shape index (κ3) is 4.15. The van der Waals surface area contributed by atoms with Crippen LogP contribution >= 0.6 is 0 Å². The van der Waals surface area contributed by atoms with E-state index >= 15 is 0 Å². The first-order valence-electron chi connectivity index (χ1n) is 5.13. The van der Waals surface area contributed by atoms with Crippen LogP contribution in [0.5, 0.6) is 0 Å². The number of nitrogens with one attached hydrogen (secondary N) is 1. The lowest BCUT2D eigenvalue weighted by Crippen LogP contribution is -2.49. The van der Waals surface area contributed by atoms with E-state index < -0.39 is 17.6 Å². The molecular weight excluding hydrogens is 196 g/mol. The van der Waals surface area contributed by atoms with E-state index in [2.05, 4.69) is 5.32 Å². The van der Waals surface area contributed by atoms with Crippen molar-refractivity contribution in [3.05, 3.63) is 0 Å². The molecule has 5 heteroatoms. The summed E-state index contributed by atoms with van der Waals surface area (Å²) >= 11 is 0. The standard InChI is InChI=1S/C10H22N2O3/c1-4-9(2,5-11)8(14)12-6-10(3,15)7-13/h13,15H,4-7,11H2,1-3H3,(H,12,14). The Morgan fingerprint density at radius 3 is 2.33 bits per heavy atom. The Morgan fingerprint density at radius 2 is 2.00 bits per heavy atom. The van der Waals surface area contributed by atoms with Crippen LogP contribution in [0.4, 0.5) is 0 Å². The molecule has 0 aliphatic rings. The van der Waals surface area contributed by atoms with Gasteiger partial charge in [0.25, 0.3) is 0 Å². The Kier molecular flexibility index (Phi) is 5.20. The average Bonchev–Trinajstić information content (AvgIpc) is 2.24. The van der Waals surface area contributed by atoms with Crippen LogP contribution in [0.1, 0.15) is 27.2 Å². The van der Waals surface area contributed by atoms with Gasteiger partial charge >= 0.3 is 0 Å². The van der Waals surface area contributed by atoms with E-state index in [4.69, 9.17) is 10.8 Å². The molecule has 5 N–H and O–H groups in total. The minimum absolute atomic E-state index is 0.0257. The number of carbonyl (C=O) groups excluding carboxylic acids is 1. The summed E-state index contributed by atoms with van der Waals surface area (Å²) in [5.74, 6) is -0.193. The van der Waals surface area contributed by atoms with Crippen LogP contribution in [0.25, 0.3) is 0 Å². The lowest BCUT2D eigenvalue weighted by atomic mass is 9.86. The first-order chi connectivity index (χ1) is 6.81. The molecule has 0 saturated heterocycles. The number of aliphatic hydroxyl groups is 2. The van der Waals surface area contributed by atoms with Crippen molar-refractivity contribution in [3.8, 4) is 0 Å². The maximum absolute atomic E-state index is 11.7. The number of hydrogen-bond donors (Lipinski definition) is 4. The molecule has 0 rings (SSSR count). The van der Waals surface area contributed by atoms with Gasteiger partial charge in [0.1, 0.15) is 5.60 Å². The van der Waals surface area contributed by atoms with Crippen molar-refractivity contribution < 1.29 is 15.0 Å². The van der Waals surface area contributed by atoms with Crippen LogP contribution in [0.3, 0.4) is 0 Å². The highest BCUT2D eigenvalue weighted by Crippen LogP contribution is 2.19. The Labute approximate surface area is 90.7 Å². The van der Waals surface area contributed by atoms with Crippen LogP contribution in [0.2, 0.25) is 0 Å². The number of carbonyl (C=O) groups is 1. The zero-order chi connectivity index (χ0) is 12.1. The minimum atomic E-state index is -1.28. The van der Waals surface area contributed by atoms with Gasteiger partial charge in [-0.15, -0.1) is 0 Å². The molecule has 0 aromatic rings. The Bertz CT molecular complexity index is 213. The van der Waals surface area contributed by atoms with Gasteiger partial charge < -0.3 is 21.3 Å². The zero-order valence-electron chi connectivity index (χ0n) is 9.71. The van der Waals surface area contributed by atoms with E-state index in [1.807, 2.05) is 6.92 Å². The van der Waals surface area contributed by atoms with Crippen molar-refractivity contribution in [2.75, 3.05) is 19.7 Å². The summed E-state index contributed by atoms with van der Waals surface area (Å²) in [6, 6.07) is 0. The summed E-state index contributed by atoms with van der Waals surface area (Å²) in [5, 5.41) is 20.9. The topological polar surface area (TPSA) is 95.6 Å². The lowest BCUT2D eigenvalue weighted by Gasteiger charge is -2.28. The van der Waals surface area contributed by atoms with Gasteiger partial charge in [0.15, 0.2) is 0 Å². The van der Waals surface area contributed by atoms with E-state index in [1.54, 1.807) is 6.92 Å². The summed E-state index contributed by atoms with van der Waals surface area (Å²) < 4.78 is 0. The molecule has 90 valence electrons. The smallest absolute Gasteiger partial charge is 0.227 e. The van der Waals surface area contributed by atoms with Crippen molar-refractivity contribution in [2.24, 2.45) is 11.1 Å². The SMILES string of the molecule is CCC(C)(CN)C(=O)NCC(C)(O)CO. The summed E-state index contributed by atoms with van der Waals surface area (Å²) in [5.41, 5.74) is 3.63. The molecular formula is C10H22N2O3. The zero-order valence-corrected chi connectivity index (χ0v) is 9.71. The second-order valence-corrected chi connectivity index (χ2v) is 4.46. The lowest BCUT2D eigenvalue weighted by molar-refractivity contribution is -0.131. The summed E-state index contributed by atoms with van der Waals surface area (Å²) in [6.07, 6.45) is 0.636. The van der Waals surface area contributed by atoms with Crippen LogP contribution in [-0.4, -0.2) is 41.4 Å². The molecule has 1 amide bonds. The molecule has 2 atom stereocenters. The normalized spacial score (nSPS) is 19.1. The monoisotopic (exact) mass is 218 g/mol. The van der Waals surface area contributed by atoms with Crippen molar-refractivity contribution in [1.29, 1.82) is 0 Å². The van der Waals surface area contributed by atoms with Gasteiger partial charge in [0, 0.05) is 13.1 Å². The first-order valence-corrected chi connectivity index (χ1v) is 5.13. The maximum Gasteiger partial charge on any atom is 0.227 e. The highest BCUT2D eigenvalue weighted by atomic mass is 16.3. The molecule has 0 aliphatic heterocycles. The van der Waals surface area contributed by atoms with Crippen LogP contribution in [-0.2, 0) is 4.79 Å². The second-order valence-electron chi connectivity index (χ2n) is 4.46. The third-order valence-electron chi connectivity index (χ3n) is 2.75. The molecule has 0 spiro atoms. The van der Waals surface area contributed by atoms with E-state index in [-0.39, 0.29) is 19.0 Å². The van der Waals surface area contributed by atoms with E-state index in [1.165, 1.54) is 6.92 Å². The molecule has 0 aliphatic carbocycles. The summed E-state index contributed by atoms with van der Waals surface area (Å²) in [4.78, 5) is 11.7. The minimum Gasteiger partial charge on any atom is -0.393 e. The number of hydrogen-bond acceptors (Lipinski definition) is 4. The first kappa shape index (κ1) is 14.3. The van der Waals surface area contributed by atoms with Gasteiger partial charge in [-0.05, 0) is 20.3 Å². The highest BCUT2D eigenvalue weighted by molar-refractivity contribution is 5.82. The number of aliphatic hydroxyl groups excluding tert-OH is 1. The summed E-state index contributed by atoms with van der Waals surface area (Å²) in [6.45, 7) is 5.01. The van der Waals surface area contributed by atoms with Crippen molar-refractivity contribution in [1.82, 2.24) is 5.32 Å². The van der Waals surface area contributed by atoms with E-state index in [9.17, 15) is 9.90 Å². The van der Waals surface area contributed by atoms with Gasteiger partial charge in [-0.2, -0.15) is 0 Å². The maximum atomic E-state index is 11.7. The molecule has 0 aromatic heterocycles. The van der Waals surface area contributed by atoms with E-state index in [0.717, 1.165) is 0 Å². The van der Waals surface area contributed by atoms with Gasteiger partial charge in [0.05, 0.1) is 12.0 Å². The van der Waals surface area contributed by atoms with Gasteiger partial charge in [-0.1, -0.05) is 6.92 Å². The number of nitrogens with two attached hydrogens (primary N) is 1. The molecule has 0 fully saturated rings. The fraction of sp³-hybridized carbons (Fsp3) is 0.900. The fourth-order valence-corrected chi connectivity index (χ4v) is 0.938. The van der Waals surface area contributed by atoms with Gasteiger partial charge in [0.2, 0.25) is 5.91 Å². The van der Waals surface area contributed by atoms with Crippen LogP contribution in [0, 0.1) is 5.41 Å². The van der Waals surface area contributed by atoms with Crippen LogP contribution < -0.4 is 11.1 Å². The Balaban J connectivity index is 4.26. The predicted molar refractivity (Wildman–Crippen MR) is 58.2 cm³/mol. The van der Waals surface area contributed by atoms with Crippen molar-refractivity contribution >= 4 is 5.91 Å². The number of amides is 1. The molecule has 15 heavy (non-hydrogen) atoms. The van der Waals surface area contributed by atoms with Crippen molar-refractivity contribution in [2.45, 2.75) is 32.8 Å². The molecule has 5 nitrogen and oxygen atoms in total. The predicted octanol–water partition coefficient (Wildman–Crippen LogP) is -0.779. The van der Waals surface area contributed by atoms with Gasteiger partial charge in [-0.25, -0.2) is 0 Å². The quantitative estimate of drug-likeness (QED) is 0.470. The molecule has 2 unspecified atom stereocenters. The summed E-state index contributed by atoms with van der Waals surface area (Å²) in [7, 11) is 0. The molecule has 0 saturated carbocycles. The number of rotatable bonds is 6. The largest absolute Gasteiger partial charge is 0.393 e.